The number of hydrogen-bond acceptors (Lipinski definition) is 3. The maximum Gasteiger partial charge on any atom is 0.317 e. The quantitative estimate of drug-likeness (QED) is 0.681. The van der Waals surface area contributed by atoms with Gasteiger partial charge in [-0.25, -0.2) is 4.79 Å². The van der Waals surface area contributed by atoms with Gasteiger partial charge in [-0.2, -0.15) is 0 Å². The first kappa shape index (κ1) is 16.3. The van der Waals surface area contributed by atoms with Gasteiger partial charge in [-0.15, -0.1) is 0 Å². The second kappa shape index (κ2) is 6.58. The maximum atomic E-state index is 12.0. The topological polar surface area (TPSA) is 98.7 Å². The molecule has 7 nitrogen and oxygen atoms in total. The molecule has 114 valence electrons. The fraction of sp³-hybridized carbons (Fsp3) is 0.769. The molecule has 0 spiro atoms. The van der Waals surface area contributed by atoms with Crippen LogP contribution in [0.25, 0.3) is 0 Å². The summed E-state index contributed by atoms with van der Waals surface area (Å²) in [4.78, 5) is 35.8. The lowest BCUT2D eigenvalue weighted by Crippen LogP contribution is -2.51. The Kier molecular flexibility index (Phi) is 5.35. The molecule has 1 rings (SSSR count). The van der Waals surface area contributed by atoms with E-state index in [4.69, 9.17) is 0 Å². The zero-order chi connectivity index (χ0) is 15.3. The van der Waals surface area contributed by atoms with Crippen molar-refractivity contribution in [2.75, 3.05) is 20.6 Å². The summed E-state index contributed by atoms with van der Waals surface area (Å²) in [6, 6.07) is -0.705. The van der Waals surface area contributed by atoms with Crippen LogP contribution in [0, 0.1) is 5.41 Å². The van der Waals surface area contributed by atoms with Gasteiger partial charge in [0.1, 0.15) is 0 Å². The molecule has 0 bridgehead atoms. The number of carboxylic acid groups (broad SMARTS) is 1. The Morgan fingerprint density at radius 2 is 2.05 bits per heavy atom. The number of nitrogens with zero attached hydrogens (tertiary/aromatic N) is 1. The van der Waals surface area contributed by atoms with Gasteiger partial charge in [-0.3, -0.25) is 9.59 Å². The van der Waals surface area contributed by atoms with Crippen molar-refractivity contribution in [2.45, 2.75) is 38.6 Å². The molecule has 1 fully saturated rings. The number of urea groups is 1. The van der Waals surface area contributed by atoms with Crippen molar-refractivity contribution < 1.29 is 19.5 Å². The highest BCUT2D eigenvalue weighted by molar-refractivity contribution is 5.80. The van der Waals surface area contributed by atoms with Crippen molar-refractivity contribution in [3.8, 4) is 0 Å². The molecule has 1 aliphatic rings. The molecule has 2 atom stereocenters. The Hall–Kier alpha value is -1.79. The molecule has 20 heavy (non-hydrogen) atoms. The van der Waals surface area contributed by atoms with Crippen LogP contribution in [0.4, 0.5) is 4.79 Å². The summed E-state index contributed by atoms with van der Waals surface area (Å²) in [7, 11) is 3.13. The fourth-order valence-corrected chi connectivity index (χ4v) is 2.41. The minimum atomic E-state index is -0.905. The minimum Gasteiger partial charge on any atom is -0.481 e. The van der Waals surface area contributed by atoms with E-state index in [-0.39, 0.29) is 24.4 Å². The van der Waals surface area contributed by atoms with Crippen molar-refractivity contribution in [1.29, 1.82) is 0 Å². The molecule has 0 radical (unpaired) electrons. The number of amides is 3. The van der Waals surface area contributed by atoms with Crippen LogP contribution in [-0.2, 0) is 9.59 Å². The predicted octanol–water partition coefficient (Wildman–Crippen LogP) is 0.407. The first-order valence-corrected chi connectivity index (χ1v) is 6.77. The van der Waals surface area contributed by atoms with Crippen LogP contribution < -0.4 is 10.6 Å². The van der Waals surface area contributed by atoms with Crippen LogP contribution in [0.5, 0.6) is 0 Å². The summed E-state index contributed by atoms with van der Waals surface area (Å²) in [6.45, 7) is 1.96. The van der Waals surface area contributed by atoms with Crippen molar-refractivity contribution in [3.63, 3.8) is 0 Å². The Balaban J connectivity index is 2.53. The average molecular weight is 285 g/mol. The SMILES string of the molecule is CNC(=O)CCN(C)C(=O)NC1CCCC1(C)C(=O)O. The highest BCUT2D eigenvalue weighted by atomic mass is 16.4. The Bertz CT molecular complexity index is 399. The highest BCUT2D eigenvalue weighted by Crippen LogP contribution is 2.38. The molecule has 7 heteroatoms. The van der Waals surface area contributed by atoms with Gasteiger partial charge >= 0.3 is 12.0 Å². The highest BCUT2D eigenvalue weighted by Gasteiger charge is 2.46. The van der Waals surface area contributed by atoms with E-state index in [2.05, 4.69) is 10.6 Å². The zero-order valence-electron chi connectivity index (χ0n) is 12.2. The van der Waals surface area contributed by atoms with Gasteiger partial charge in [0.25, 0.3) is 0 Å². The molecule has 0 aromatic heterocycles. The molecule has 1 saturated carbocycles. The lowest BCUT2D eigenvalue weighted by Gasteiger charge is -2.29. The zero-order valence-corrected chi connectivity index (χ0v) is 12.2. The Morgan fingerprint density at radius 3 is 2.60 bits per heavy atom. The van der Waals surface area contributed by atoms with Crippen LogP contribution in [0.2, 0.25) is 0 Å². The normalized spacial score (nSPS) is 25.1. The third-order valence-electron chi connectivity index (χ3n) is 4.04. The number of carboxylic acids is 1. The van der Waals surface area contributed by atoms with E-state index in [1.165, 1.54) is 4.90 Å². The second-order valence-corrected chi connectivity index (χ2v) is 5.46. The number of carbonyl (C=O) groups excluding carboxylic acids is 2. The van der Waals surface area contributed by atoms with Gasteiger partial charge < -0.3 is 20.6 Å². The molecule has 2 unspecified atom stereocenters. The summed E-state index contributed by atoms with van der Waals surface area (Å²) < 4.78 is 0. The first-order chi connectivity index (χ1) is 9.31. The molecule has 0 saturated heterocycles. The van der Waals surface area contributed by atoms with Gasteiger partial charge in [-0.05, 0) is 19.8 Å². The third kappa shape index (κ3) is 3.61. The van der Waals surface area contributed by atoms with Crippen LogP contribution in [-0.4, -0.2) is 54.6 Å². The summed E-state index contributed by atoms with van der Waals surface area (Å²) in [5.74, 6) is -1.02. The summed E-state index contributed by atoms with van der Waals surface area (Å²) in [5, 5.41) is 14.5. The largest absolute Gasteiger partial charge is 0.481 e. The Labute approximate surface area is 118 Å². The van der Waals surface area contributed by atoms with Crippen LogP contribution in [0.3, 0.4) is 0 Å². The number of hydrogen-bond donors (Lipinski definition) is 3. The molecule has 3 amide bonds. The van der Waals surface area contributed by atoms with E-state index in [1.54, 1.807) is 21.0 Å². The van der Waals surface area contributed by atoms with E-state index >= 15 is 0 Å². The smallest absolute Gasteiger partial charge is 0.317 e. The van der Waals surface area contributed by atoms with E-state index in [9.17, 15) is 19.5 Å². The average Bonchev–Trinajstić information content (AvgIpc) is 2.78. The molecule has 0 aliphatic heterocycles. The molecule has 0 aromatic carbocycles. The monoisotopic (exact) mass is 285 g/mol. The standard InChI is InChI=1S/C13H23N3O4/c1-13(11(18)19)7-4-5-9(13)15-12(20)16(3)8-6-10(17)14-2/h9H,4-8H2,1-3H3,(H,14,17)(H,15,20)(H,18,19). The van der Waals surface area contributed by atoms with Gasteiger partial charge in [0, 0.05) is 33.1 Å². The summed E-state index contributed by atoms with van der Waals surface area (Å²) in [6.07, 6.45) is 2.24. The van der Waals surface area contributed by atoms with E-state index in [0.29, 0.717) is 19.4 Å². The third-order valence-corrected chi connectivity index (χ3v) is 4.04. The lowest BCUT2D eigenvalue weighted by atomic mass is 9.85. The minimum absolute atomic E-state index is 0.138. The van der Waals surface area contributed by atoms with Gasteiger partial charge in [0.05, 0.1) is 5.41 Å². The molecule has 3 N–H and O–H groups in total. The van der Waals surface area contributed by atoms with Gasteiger partial charge in [-0.1, -0.05) is 6.42 Å². The second-order valence-electron chi connectivity index (χ2n) is 5.46. The maximum absolute atomic E-state index is 12.0. The van der Waals surface area contributed by atoms with Gasteiger partial charge in [0.2, 0.25) is 5.91 Å². The van der Waals surface area contributed by atoms with Gasteiger partial charge in [0.15, 0.2) is 0 Å². The number of carbonyl (C=O) groups is 3. The van der Waals surface area contributed by atoms with Crippen molar-refractivity contribution >= 4 is 17.9 Å². The Morgan fingerprint density at radius 1 is 1.40 bits per heavy atom. The molecular weight excluding hydrogens is 262 g/mol. The number of aliphatic carboxylic acids is 1. The van der Waals surface area contributed by atoms with Crippen molar-refractivity contribution in [1.82, 2.24) is 15.5 Å². The van der Waals surface area contributed by atoms with Crippen LogP contribution in [0.1, 0.15) is 32.6 Å². The molecule has 1 aliphatic carbocycles. The number of nitrogens with one attached hydrogen (secondary N) is 2. The van der Waals surface area contributed by atoms with Crippen LogP contribution in [0.15, 0.2) is 0 Å². The fourth-order valence-electron chi connectivity index (χ4n) is 2.41. The summed E-state index contributed by atoms with van der Waals surface area (Å²) >= 11 is 0. The van der Waals surface area contributed by atoms with Crippen molar-refractivity contribution in [2.24, 2.45) is 5.41 Å². The van der Waals surface area contributed by atoms with E-state index in [0.717, 1.165) is 6.42 Å². The molecule has 0 heterocycles. The predicted molar refractivity (Wildman–Crippen MR) is 73.2 cm³/mol. The lowest BCUT2D eigenvalue weighted by molar-refractivity contribution is -0.148. The molecule has 0 aromatic rings. The number of rotatable bonds is 5. The van der Waals surface area contributed by atoms with E-state index < -0.39 is 11.4 Å². The van der Waals surface area contributed by atoms with Crippen LogP contribution >= 0.6 is 0 Å². The summed E-state index contributed by atoms with van der Waals surface area (Å²) in [5.41, 5.74) is -0.905. The molecular formula is C13H23N3O4. The van der Waals surface area contributed by atoms with Crippen molar-refractivity contribution in [3.05, 3.63) is 0 Å². The first-order valence-electron chi connectivity index (χ1n) is 6.77. The van der Waals surface area contributed by atoms with E-state index in [1.807, 2.05) is 0 Å².